The fourth-order valence-corrected chi connectivity index (χ4v) is 2.73. The van der Waals surface area contributed by atoms with E-state index in [-0.39, 0.29) is 12.1 Å². The minimum atomic E-state index is -0.619. The summed E-state index contributed by atoms with van der Waals surface area (Å²) in [6.45, 7) is 5.76. The summed E-state index contributed by atoms with van der Waals surface area (Å²) in [6, 6.07) is 9.62. The Kier molecular flexibility index (Phi) is 7.51. The zero-order chi connectivity index (χ0) is 17.2. The van der Waals surface area contributed by atoms with Crippen LogP contribution in [-0.2, 0) is 14.3 Å². The van der Waals surface area contributed by atoms with Gasteiger partial charge in [0.1, 0.15) is 12.4 Å². The van der Waals surface area contributed by atoms with Crippen molar-refractivity contribution in [3.8, 4) is 0 Å². The largest absolute Gasteiger partial charge is 0.455 e. The molecule has 0 aliphatic carbocycles. The molecule has 0 bridgehead atoms. The highest BCUT2D eigenvalue weighted by atomic mass is 32.2. The third-order valence-corrected chi connectivity index (χ3v) is 4.16. The molecule has 0 radical (unpaired) electrons. The monoisotopic (exact) mass is 347 g/mol. The molecule has 7 heteroatoms. The Morgan fingerprint density at radius 3 is 2.88 bits per heavy atom. The van der Waals surface area contributed by atoms with E-state index in [0.717, 1.165) is 5.56 Å². The highest BCUT2D eigenvalue weighted by Gasteiger charge is 2.22. The summed E-state index contributed by atoms with van der Waals surface area (Å²) in [5.74, 6) is 0.149. The molecule has 0 spiro atoms. The van der Waals surface area contributed by atoms with Gasteiger partial charge in [0.15, 0.2) is 11.3 Å². The molecule has 1 heterocycles. The maximum atomic E-state index is 12.3. The fraction of sp³-hybridized carbons (Fsp3) is 0.353. The second kappa shape index (κ2) is 9.89. The number of carbonyl (C=O) groups excluding carboxylic acids is 1. The Balaban J connectivity index is 1.97. The minimum absolute atomic E-state index is 0.383. The first kappa shape index (κ1) is 18.2. The molecular formula is C17H21N3O3S. The molecule has 0 saturated carbocycles. The number of rotatable bonds is 10. The summed E-state index contributed by atoms with van der Waals surface area (Å²) in [6.07, 6.45) is 2.88. The van der Waals surface area contributed by atoms with Gasteiger partial charge in [-0.25, -0.2) is 9.78 Å². The van der Waals surface area contributed by atoms with Crippen molar-refractivity contribution in [2.75, 3.05) is 12.4 Å². The number of ether oxygens (including phenoxy) is 2. The fourth-order valence-electron chi connectivity index (χ4n) is 1.92. The van der Waals surface area contributed by atoms with E-state index in [1.807, 2.05) is 30.3 Å². The second-order valence-corrected chi connectivity index (χ2v) is 6.04. The van der Waals surface area contributed by atoms with Crippen LogP contribution in [0.3, 0.4) is 0 Å². The van der Waals surface area contributed by atoms with Gasteiger partial charge in [0.2, 0.25) is 0 Å². The topological polar surface area (TPSA) is 77.1 Å². The molecule has 2 atom stereocenters. The van der Waals surface area contributed by atoms with Gasteiger partial charge in [0.25, 0.3) is 0 Å². The molecule has 0 aliphatic heterocycles. The van der Waals surface area contributed by atoms with Gasteiger partial charge in [-0.15, -0.1) is 6.58 Å². The van der Waals surface area contributed by atoms with Crippen molar-refractivity contribution in [1.29, 1.82) is 0 Å². The zero-order valence-corrected chi connectivity index (χ0v) is 14.4. The first-order valence-electron chi connectivity index (χ1n) is 7.66. The molecule has 128 valence electrons. The van der Waals surface area contributed by atoms with E-state index < -0.39 is 6.10 Å². The molecule has 2 aromatic rings. The van der Waals surface area contributed by atoms with Gasteiger partial charge in [-0.05, 0) is 18.9 Å². The average molecular weight is 347 g/mol. The van der Waals surface area contributed by atoms with Crippen LogP contribution in [0, 0.1) is 0 Å². The van der Waals surface area contributed by atoms with Crippen LogP contribution in [0.4, 0.5) is 0 Å². The number of thioether (sulfide) groups is 1. The van der Waals surface area contributed by atoms with Gasteiger partial charge < -0.3 is 9.47 Å². The van der Waals surface area contributed by atoms with Crippen LogP contribution in [0.2, 0.25) is 0 Å². The molecule has 0 amide bonds. The van der Waals surface area contributed by atoms with Crippen LogP contribution in [0.25, 0.3) is 0 Å². The predicted molar refractivity (Wildman–Crippen MR) is 92.6 cm³/mol. The normalized spacial score (nSPS) is 13.2. The third-order valence-electron chi connectivity index (χ3n) is 3.22. The lowest BCUT2D eigenvalue weighted by Crippen LogP contribution is -2.26. The standard InChI is InChI=1S/C17H21N3O3S/c1-3-4-10-22-13(2)16(21)23-15(14-8-6-5-7-9-14)11-24-17-18-12-19-20-17/h3,5-9,12-13,15H,1,4,10-11H2,2H3,(H,18,19,20)/t13-,15+/m0/s1. The molecule has 0 saturated heterocycles. The van der Waals surface area contributed by atoms with Crippen LogP contribution >= 0.6 is 11.8 Å². The summed E-state index contributed by atoms with van der Waals surface area (Å²) in [4.78, 5) is 16.3. The maximum Gasteiger partial charge on any atom is 0.335 e. The van der Waals surface area contributed by atoms with E-state index in [4.69, 9.17) is 9.47 Å². The number of benzene rings is 1. The molecule has 0 fully saturated rings. The molecular weight excluding hydrogens is 326 g/mol. The Morgan fingerprint density at radius 1 is 1.42 bits per heavy atom. The molecule has 1 aromatic heterocycles. The van der Waals surface area contributed by atoms with Gasteiger partial charge >= 0.3 is 5.97 Å². The van der Waals surface area contributed by atoms with Crippen molar-refractivity contribution in [3.05, 3.63) is 54.9 Å². The van der Waals surface area contributed by atoms with Crippen molar-refractivity contribution in [2.24, 2.45) is 0 Å². The first-order chi connectivity index (χ1) is 11.7. The Morgan fingerprint density at radius 2 is 2.21 bits per heavy atom. The van der Waals surface area contributed by atoms with Crippen LogP contribution in [0.5, 0.6) is 0 Å². The van der Waals surface area contributed by atoms with Gasteiger partial charge in [-0.3, -0.25) is 5.10 Å². The van der Waals surface area contributed by atoms with Gasteiger partial charge in [0.05, 0.1) is 6.61 Å². The van der Waals surface area contributed by atoms with Crippen molar-refractivity contribution in [2.45, 2.75) is 30.7 Å². The Labute approximate surface area is 145 Å². The van der Waals surface area contributed by atoms with E-state index in [2.05, 4.69) is 21.8 Å². The van der Waals surface area contributed by atoms with E-state index in [9.17, 15) is 4.79 Å². The smallest absolute Gasteiger partial charge is 0.335 e. The third kappa shape index (κ3) is 5.82. The number of aromatic amines is 1. The number of nitrogens with zero attached hydrogens (tertiary/aromatic N) is 2. The lowest BCUT2D eigenvalue weighted by Gasteiger charge is -2.20. The summed E-state index contributed by atoms with van der Waals surface area (Å²) < 4.78 is 11.1. The lowest BCUT2D eigenvalue weighted by atomic mass is 10.1. The molecule has 24 heavy (non-hydrogen) atoms. The average Bonchev–Trinajstić information content (AvgIpc) is 3.12. The number of aromatic nitrogens is 3. The number of nitrogens with one attached hydrogen (secondary N) is 1. The molecule has 0 unspecified atom stereocenters. The molecule has 2 rings (SSSR count). The predicted octanol–water partition coefficient (Wildman–Crippen LogP) is 3.16. The molecule has 1 N–H and O–H groups in total. The van der Waals surface area contributed by atoms with E-state index in [0.29, 0.717) is 23.9 Å². The lowest BCUT2D eigenvalue weighted by molar-refractivity contribution is -0.160. The van der Waals surface area contributed by atoms with Crippen LogP contribution < -0.4 is 0 Å². The summed E-state index contributed by atoms with van der Waals surface area (Å²) in [5, 5.41) is 7.28. The summed E-state index contributed by atoms with van der Waals surface area (Å²) in [7, 11) is 0. The van der Waals surface area contributed by atoms with E-state index in [1.54, 1.807) is 13.0 Å². The maximum absolute atomic E-state index is 12.3. The van der Waals surface area contributed by atoms with Crippen LogP contribution in [0.15, 0.2) is 54.5 Å². The van der Waals surface area contributed by atoms with Crippen LogP contribution in [-0.4, -0.2) is 39.6 Å². The zero-order valence-electron chi connectivity index (χ0n) is 13.6. The SMILES string of the molecule is C=CCCO[C@@H](C)C(=O)O[C@H](CSc1ncn[nH]1)c1ccccc1. The van der Waals surface area contributed by atoms with Gasteiger partial charge in [0, 0.05) is 5.75 Å². The number of carbonyl (C=O) groups is 1. The van der Waals surface area contributed by atoms with E-state index >= 15 is 0 Å². The molecule has 1 aromatic carbocycles. The quantitative estimate of drug-likeness (QED) is 0.308. The van der Waals surface area contributed by atoms with E-state index in [1.165, 1.54) is 18.1 Å². The second-order valence-electron chi connectivity index (χ2n) is 5.03. The Hall–Kier alpha value is -2.12. The number of esters is 1. The summed E-state index contributed by atoms with van der Waals surface area (Å²) >= 11 is 1.44. The van der Waals surface area contributed by atoms with Crippen molar-refractivity contribution in [3.63, 3.8) is 0 Å². The molecule has 6 nitrogen and oxygen atoms in total. The summed E-state index contributed by atoms with van der Waals surface area (Å²) in [5.41, 5.74) is 0.927. The molecule has 0 aliphatic rings. The highest BCUT2D eigenvalue weighted by Crippen LogP contribution is 2.25. The first-order valence-corrected chi connectivity index (χ1v) is 8.65. The Bertz CT molecular complexity index is 619. The number of H-pyrrole nitrogens is 1. The van der Waals surface area contributed by atoms with Crippen molar-refractivity contribution < 1.29 is 14.3 Å². The van der Waals surface area contributed by atoms with Crippen molar-refractivity contribution in [1.82, 2.24) is 15.2 Å². The van der Waals surface area contributed by atoms with Gasteiger partial charge in [-0.2, -0.15) is 5.10 Å². The number of hydrogen-bond donors (Lipinski definition) is 1. The highest BCUT2D eigenvalue weighted by molar-refractivity contribution is 7.99. The number of hydrogen-bond acceptors (Lipinski definition) is 6. The van der Waals surface area contributed by atoms with Crippen LogP contribution in [0.1, 0.15) is 25.0 Å². The van der Waals surface area contributed by atoms with Crippen molar-refractivity contribution >= 4 is 17.7 Å². The van der Waals surface area contributed by atoms with Gasteiger partial charge in [-0.1, -0.05) is 48.2 Å². The minimum Gasteiger partial charge on any atom is -0.455 e.